The van der Waals surface area contributed by atoms with Crippen molar-refractivity contribution < 1.29 is 14.6 Å². The smallest absolute Gasteiger partial charge is 0.339 e. The third kappa shape index (κ3) is 3.73. The van der Waals surface area contributed by atoms with Crippen LogP contribution in [0.15, 0.2) is 42.6 Å². The molecule has 0 saturated carbocycles. The van der Waals surface area contributed by atoms with E-state index in [1.165, 1.54) is 0 Å². The van der Waals surface area contributed by atoms with Gasteiger partial charge >= 0.3 is 5.97 Å². The van der Waals surface area contributed by atoms with Crippen LogP contribution in [0.2, 0.25) is 0 Å². The largest absolute Gasteiger partial charge is 0.478 e. The number of aromatic carboxylic acids is 1. The molecule has 3 aromatic rings. The molecule has 28 heavy (non-hydrogen) atoms. The van der Waals surface area contributed by atoms with Crippen LogP contribution in [0, 0.1) is 5.92 Å². The van der Waals surface area contributed by atoms with Crippen LogP contribution in [-0.2, 0) is 17.7 Å². The number of anilines is 2. The van der Waals surface area contributed by atoms with Crippen molar-refractivity contribution >= 4 is 28.4 Å². The zero-order chi connectivity index (χ0) is 19.5. The number of pyridine rings is 1. The third-order valence-electron chi connectivity index (χ3n) is 5.24. The average molecular weight is 379 g/mol. The van der Waals surface area contributed by atoms with Crippen LogP contribution in [0.5, 0.6) is 0 Å². The van der Waals surface area contributed by atoms with Crippen LogP contribution in [0.1, 0.15) is 35.8 Å². The van der Waals surface area contributed by atoms with Crippen molar-refractivity contribution in [2.75, 3.05) is 18.5 Å². The number of aryl methyl sites for hydroxylation is 1. The Labute approximate surface area is 164 Å². The van der Waals surface area contributed by atoms with E-state index in [9.17, 15) is 9.90 Å². The Kier molecular flexibility index (Phi) is 5.30. The van der Waals surface area contributed by atoms with Crippen molar-refractivity contribution in [1.29, 1.82) is 0 Å². The molecule has 1 saturated heterocycles. The minimum absolute atomic E-state index is 0.180. The van der Waals surface area contributed by atoms with Gasteiger partial charge in [0.1, 0.15) is 11.4 Å². The molecule has 2 N–H and O–H groups in total. The summed E-state index contributed by atoms with van der Waals surface area (Å²) in [6, 6.07) is 11.5. The van der Waals surface area contributed by atoms with Gasteiger partial charge in [0.05, 0.1) is 12.1 Å². The van der Waals surface area contributed by atoms with Crippen molar-refractivity contribution in [2.24, 2.45) is 5.92 Å². The van der Waals surface area contributed by atoms with E-state index in [-0.39, 0.29) is 5.56 Å². The van der Waals surface area contributed by atoms with Gasteiger partial charge in [-0.3, -0.25) is 0 Å². The maximum absolute atomic E-state index is 11.6. The molecule has 0 radical (unpaired) electrons. The predicted molar refractivity (Wildman–Crippen MR) is 109 cm³/mol. The Morgan fingerprint density at radius 3 is 2.96 bits per heavy atom. The average Bonchev–Trinajstić information content (AvgIpc) is 3.33. The molecule has 1 atom stereocenters. The van der Waals surface area contributed by atoms with E-state index in [1.54, 1.807) is 12.1 Å². The zero-order valence-electron chi connectivity index (χ0n) is 16.0. The molecule has 4 rings (SSSR count). The number of carboxylic acids is 1. The topological polar surface area (TPSA) is 76.4 Å². The van der Waals surface area contributed by atoms with Crippen LogP contribution < -0.4 is 5.32 Å². The Balaban J connectivity index is 1.67. The number of benzene rings is 1. The highest BCUT2D eigenvalue weighted by molar-refractivity contribution is 5.98. The normalized spacial score (nSPS) is 16.5. The minimum atomic E-state index is -0.982. The summed E-state index contributed by atoms with van der Waals surface area (Å²) < 4.78 is 7.75. The van der Waals surface area contributed by atoms with Gasteiger partial charge in [-0.25, -0.2) is 9.78 Å². The molecule has 1 unspecified atom stereocenters. The standard InChI is InChI=1S/C22H25N3O3/c1-2-4-16-7-8-18(22(26)27)21(23-16)24-19-5-3-6-20-17(19)9-11-25(20)13-15-10-12-28-14-15/h3,5-9,11,15H,2,4,10,12-14H2,1H3,(H,23,24)(H,26,27). The third-order valence-corrected chi connectivity index (χ3v) is 5.24. The number of nitrogens with zero attached hydrogens (tertiary/aromatic N) is 2. The monoisotopic (exact) mass is 379 g/mol. The summed E-state index contributed by atoms with van der Waals surface area (Å²) in [4.78, 5) is 16.2. The van der Waals surface area contributed by atoms with Crippen LogP contribution in [0.4, 0.5) is 11.5 Å². The molecule has 1 fully saturated rings. The molecule has 6 heteroatoms. The fourth-order valence-corrected chi connectivity index (χ4v) is 3.79. The van der Waals surface area contributed by atoms with Gasteiger partial charge < -0.3 is 19.7 Å². The first-order chi connectivity index (χ1) is 13.7. The number of fused-ring (bicyclic) bond motifs is 1. The predicted octanol–water partition coefficient (Wildman–Crippen LogP) is 4.47. The Hall–Kier alpha value is -2.86. The van der Waals surface area contributed by atoms with Gasteiger partial charge in [-0.05, 0) is 43.2 Å². The fourth-order valence-electron chi connectivity index (χ4n) is 3.79. The Bertz CT molecular complexity index is 990. The van der Waals surface area contributed by atoms with E-state index in [2.05, 4.69) is 40.1 Å². The summed E-state index contributed by atoms with van der Waals surface area (Å²) in [7, 11) is 0. The number of aromatic nitrogens is 2. The van der Waals surface area contributed by atoms with Crippen molar-refractivity contribution in [2.45, 2.75) is 32.7 Å². The van der Waals surface area contributed by atoms with Gasteiger partial charge in [-0.2, -0.15) is 0 Å². The lowest BCUT2D eigenvalue weighted by Crippen LogP contribution is -2.09. The Morgan fingerprint density at radius 1 is 1.32 bits per heavy atom. The molecule has 1 aliphatic rings. The van der Waals surface area contributed by atoms with E-state index in [1.807, 2.05) is 12.1 Å². The van der Waals surface area contributed by atoms with Crippen molar-refractivity contribution in [3.05, 3.63) is 53.9 Å². The highest BCUT2D eigenvalue weighted by atomic mass is 16.5. The number of hydrogen-bond acceptors (Lipinski definition) is 4. The molecule has 2 aromatic heterocycles. The molecule has 0 bridgehead atoms. The van der Waals surface area contributed by atoms with E-state index >= 15 is 0 Å². The number of rotatable bonds is 7. The first-order valence-corrected chi connectivity index (χ1v) is 9.81. The molecule has 1 aromatic carbocycles. The van der Waals surface area contributed by atoms with Gasteiger partial charge in [0.2, 0.25) is 0 Å². The lowest BCUT2D eigenvalue weighted by molar-refractivity contribution is 0.0697. The number of carboxylic acid groups (broad SMARTS) is 1. The summed E-state index contributed by atoms with van der Waals surface area (Å²) in [5.41, 5.74) is 3.06. The maximum Gasteiger partial charge on any atom is 0.339 e. The van der Waals surface area contributed by atoms with Crippen LogP contribution in [0.25, 0.3) is 10.9 Å². The van der Waals surface area contributed by atoms with Gasteiger partial charge in [0, 0.05) is 42.0 Å². The number of ether oxygens (including phenoxy) is 1. The second-order valence-electron chi connectivity index (χ2n) is 7.31. The Morgan fingerprint density at radius 2 is 2.21 bits per heavy atom. The van der Waals surface area contributed by atoms with Crippen LogP contribution >= 0.6 is 0 Å². The quantitative estimate of drug-likeness (QED) is 0.633. The SMILES string of the molecule is CCCc1ccc(C(=O)O)c(Nc2cccc3c2ccn3CC2CCOC2)n1. The molecule has 0 aliphatic carbocycles. The van der Waals surface area contributed by atoms with Crippen molar-refractivity contribution in [3.8, 4) is 0 Å². The molecular weight excluding hydrogens is 354 g/mol. The first-order valence-electron chi connectivity index (χ1n) is 9.81. The van der Waals surface area contributed by atoms with Crippen molar-refractivity contribution in [1.82, 2.24) is 9.55 Å². The van der Waals surface area contributed by atoms with Gasteiger partial charge in [0.15, 0.2) is 0 Å². The highest BCUT2D eigenvalue weighted by Crippen LogP contribution is 2.29. The number of hydrogen-bond donors (Lipinski definition) is 2. The van der Waals surface area contributed by atoms with Crippen LogP contribution in [-0.4, -0.2) is 33.8 Å². The molecule has 3 heterocycles. The second-order valence-corrected chi connectivity index (χ2v) is 7.31. The fraction of sp³-hybridized carbons (Fsp3) is 0.364. The summed E-state index contributed by atoms with van der Waals surface area (Å²) in [6.45, 7) is 4.67. The summed E-state index contributed by atoms with van der Waals surface area (Å²) in [5, 5.41) is 13.9. The molecule has 1 aliphatic heterocycles. The van der Waals surface area contributed by atoms with E-state index < -0.39 is 5.97 Å². The van der Waals surface area contributed by atoms with Gasteiger partial charge in [0.25, 0.3) is 0 Å². The van der Waals surface area contributed by atoms with Gasteiger partial charge in [-0.1, -0.05) is 19.4 Å². The van der Waals surface area contributed by atoms with E-state index in [4.69, 9.17) is 4.74 Å². The van der Waals surface area contributed by atoms with E-state index in [0.29, 0.717) is 11.7 Å². The summed E-state index contributed by atoms with van der Waals surface area (Å²) in [5.74, 6) is -0.0508. The number of carbonyl (C=O) groups is 1. The molecule has 146 valence electrons. The maximum atomic E-state index is 11.6. The zero-order valence-corrected chi connectivity index (χ0v) is 16.0. The second kappa shape index (κ2) is 8.02. The first kappa shape index (κ1) is 18.5. The van der Waals surface area contributed by atoms with Crippen LogP contribution in [0.3, 0.4) is 0 Å². The highest BCUT2D eigenvalue weighted by Gasteiger charge is 2.18. The minimum Gasteiger partial charge on any atom is -0.478 e. The lowest BCUT2D eigenvalue weighted by Gasteiger charge is -2.13. The number of nitrogens with one attached hydrogen (secondary N) is 1. The lowest BCUT2D eigenvalue weighted by atomic mass is 10.1. The molecule has 6 nitrogen and oxygen atoms in total. The van der Waals surface area contributed by atoms with Gasteiger partial charge in [-0.15, -0.1) is 0 Å². The van der Waals surface area contributed by atoms with E-state index in [0.717, 1.165) is 61.3 Å². The summed E-state index contributed by atoms with van der Waals surface area (Å²) in [6.07, 6.45) is 4.96. The van der Waals surface area contributed by atoms with Crippen molar-refractivity contribution in [3.63, 3.8) is 0 Å². The molecular formula is C22H25N3O3. The molecule has 0 spiro atoms. The molecule has 0 amide bonds. The summed E-state index contributed by atoms with van der Waals surface area (Å²) >= 11 is 0.